The molecule has 178 valence electrons. The Hall–Kier alpha value is -3.22. The monoisotopic (exact) mass is 462 g/mol. The van der Waals surface area contributed by atoms with Gasteiger partial charge in [-0.2, -0.15) is 5.10 Å². The van der Waals surface area contributed by atoms with Gasteiger partial charge in [-0.05, 0) is 72.9 Å². The molecule has 6 nitrogen and oxygen atoms in total. The van der Waals surface area contributed by atoms with E-state index in [1.807, 2.05) is 16.0 Å². The summed E-state index contributed by atoms with van der Waals surface area (Å²) in [5, 5.41) is 4.41. The van der Waals surface area contributed by atoms with Crippen molar-refractivity contribution in [2.45, 2.75) is 44.9 Å². The molecule has 3 aromatic rings. The maximum atomic E-state index is 13.2. The van der Waals surface area contributed by atoms with Crippen molar-refractivity contribution in [2.75, 3.05) is 26.2 Å². The van der Waals surface area contributed by atoms with Gasteiger partial charge in [-0.25, -0.2) is 8.91 Å². The van der Waals surface area contributed by atoms with Gasteiger partial charge in [0.05, 0.1) is 23.7 Å². The third-order valence-corrected chi connectivity index (χ3v) is 7.43. The van der Waals surface area contributed by atoms with Crippen molar-refractivity contribution in [3.05, 3.63) is 71.3 Å². The van der Waals surface area contributed by atoms with Gasteiger partial charge in [0, 0.05) is 32.4 Å². The predicted molar refractivity (Wildman–Crippen MR) is 128 cm³/mol. The van der Waals surface area contributed by atoms with Gasteiger partial charge >= 0.3 is 0 Å². The first-order valence-corrected chi connectivity index (χ1v) is 12.3. The van der Waals surface area contributed by atoms with Crippen LogP contribution in [-0.2, 0) is 11.2 Å². The number of carbonyl (C=O) groups is 2. The second kappa shape index (κ2) is 9.57. The first kappa shape index (κ1) is 22.6. The molecule has 0 bridgehead atoms. The number of carbonyl (C=O) groups excluding carboxylic acids is 2. The van der Waals surface area contributed by atoms with Crippen molar-refractivity contribution < 1.29 is 14.0 Å². The summed E-state index contributed by atoms with van der Waals surface area (Å²) < 4.78 is 14.9. The molecule has 4 heterocycles. The first-order valence-electron chi connectivity index (χ1n) is 12.3. The van der Waals surface area contributed by atoms with E-state index in [1.54, 1.807) is 22.8 Å². The molecule has 2 saturated heterocycles. The van der Waals surface area contributed by atoms with Crippen molar-refractivity contribution in [1.82, 2.24) is 19.4 Å². The summed E-state index contributed by atoms with van der Waals surface area (Å²) in [6.45, 7) is 5.26. The molecule has 34 heavy (non-hydrogen) atoms. The molecule has 7 heteroatoms. The number of hydrogen-bond donors (Lipinski definition) is 0. The average Bonchev–Trinajstić information content (AvgIpc) is 3.29. The lowest BCUT2D eigenvalue weighted by atomic mass is 9.89. The van der Waals surface area contributed by atoms with E-state index in [0.29, 0.717) is 36.9 Å². The third-order valence-electron chi connectivity index (χ3n) is 7.43. The number of hydrogen-bond acceptors (Lipinski definition) is 3. The first-order chi connectivity index (χ1) is 16.5. The van der Waals surface area contributed by atoms with Crippen molar-refractivity contribution in [3.63, 3.8) is 0 Å². The van der Waals surface area contributed by atoms with Gasteiger partial charge in [0.15, 0.2) is 0 Å². The van der Waals surface area contributed by atoms with E-state index in [1.165, 1.54) is 17.7 Å². The Labute approximate surface area is 199 Å². The second-order valence-electron chi connectivity index (χ2n) is 9.78. The van der Waals surface area contributed by atoms with Crippen molar-refractivity contribution in [1.29, 1.82) is 0 Å². The molecule has 2 fully saturated rings. The summed E-state index contributed by atoms with van der Waals surface area (Å²) in [6, 6.07) is 10.3. The standard InChI is InChI=1S/C27H31FN4O2/c1-19-6-11-31(12-7-19)27(34)24-18-29-32-15-10-22(17-25(24)32)21-8-13-30(14-9-21)26(33)16-20-2-4-23(28)5-3-20/h2-5,10,15,17-19,21H,6-9,11-14,16H2,1H3. The molecule has 0 saturated carbocycles. The zero-order valence-electron chi connectivity index (χ0n) is 19.6. The van der Waals surface area contributed by atoms with Crippen LogP contribution >= 0.6 is 0 Å². The zero-order chi connectivity index (χ0) is 23.7. The van der Waals surface area contributed by atoms with Gasteiger partial charge in [-0.3, -0.25) is 9.59 Å². The topological polar surface area (TPSA) is 57.9 Å². The fourth-order valence-electron chi connectivity index (χ4n) is 5.15. The van der Waals surface area contributed by atoms with Crippen molar-refractivity contribution in [2.24, 2.45) is 5.92 Å². The van der Waals surface area contributed by atoms with Crippen LogP contribution in [0.25, 0.3) is 5.52 Å². The van der Waals surface area contributed by atoms with E-state index in [-0.39, 0.29) is 17.6 Å². The lowest BCUT2D eigenvalue weighted by Crippen LogP contribution is -2.38. The van der Waals surface area contributed by atoms with Crippen LogP contribution in [0.3, 0.4) is 0 Å². The minimum Gasteiger partial charge on any atom is -0.342 e. The van der Waals surface area contributed by atoms with Gasteiger partial charge in [-0.15, -0.1) is 0 Å². The zero-order valence-corrected chi connectivity index (χ0v) is 19.6. The highest BCUT2D eigenvalue weighted by atomic mass is 19.1. The number of pyridine rings is 1. The van der Waals surface area contributed by atoms with Crippen LogP contribution in [0.1, 0.15) is 60.0 Å². The minimum absolute atomic E-state index is 0.0697. The number of likely N-dealkylation sites (tertiary alicyclic amines) is 2. The van der Waals surface area contributed by atoms with E-state index < -0.39 is 0 Å². The molecule has 0 spiro atoms. The van der Waals surface area contributed by atoms with Gasteiger partial charge in [0.2, 0.25) is 5.91 Å². The van der Waals surface area contributed by atoms with E-state index in [2.05, 4.69) is 24.2 Å². The molecule has 2 aliphatic heterocycles. The molecule has 2 amide bonds. The molecular formula is C27H31FN4O2. The van der Waals surface area contributed by atoms with Gasteiger partial charge in [0.25, 0.3) is 5.91 Å². The summed E-state index contributed by atoms with van der Waals surface area (Å²) in [5.41, 5.74) is 3.55. The fraction of sp³-hybridized carbons (Fsp3) is 0.444. The molecule has 2 aliphatic rings. The Bertz CT molecular complexity index is 1170. The van der Waals surface area contributed by atoms with Crippen LogP contribution < -0.4 is 0 Å². The SMILES string of the molecule is CC1CCN(C(=O)c2cnn3ccc(C4CCN(C(=O)Cc5ccc(F)cc5)CC4)cc23)CC1. The number of piperidine rings is 2. The van der Waals surface area contributed by atoms with Gasteiger partial charge < -0.3 is 9.80 Å². The highest BCUT2D eigenvalue weighted by Gasteiger charge is 2.26. The number of aromatic nitrogens is 2. The molecule has 0 atom stereocenters. The maximum absolute atomic E-state index is 13.2. The molecule has 0 unspecified atom stereocenters. The van der Waals surface area contributed by atoms with Crippen LogP contribution in [0.4, 0.5) is 4.39 Å². The number of rotatable bonds is 4. The quantitative estimate of drug-likeness (QED) is 0.581. The molecule has 0 aliphatic carbocycles. The Kier molecular flexibility index (Phi) is 6.35. The minimum atomic E-state index is -0.289. The van der Waals surface area contributed by atoms with Crippen molar-refractivity contribution in [3.8, 4) is 0 Å². The molecule has 0 N–H and O–H groups in total. The Morgan fingerprint density at radius 3 is 2.35 bits per heavy atom. The van der Waals surface area contributed by atoms with Crippen LogP contribution in [0.15, 0.2) is 48.8 Å². The fourth-order valence-corrected chi connectivity index (χ4v) is 5.15. The van der Waals surface area contributed by atoms with Crippen LogP contribution in [-0.4, -0.2) is 57.4 Å². The summed E-state index contributed by atoms with van der Waals surface area (Å²) >= 11 is 0. The average molecular weight is 463 g/mol. The maximum Gasteiger partial charge on any atom is 0.257 e. The Morgan fingerprint density at radius 2 is 1.65 bits per heavy atom. The largest absolute Gasteiger partial charge is 0.342 e. The highest BCUT2D eigenvalue weighted by Crippen LogP contribution is 2.30. The number of nitrogens with zero attached hydrogens (tertiary/aromatic N) is 4. The highest BCUT2D eigenvalue weighted by molar-refractivity contribution is 6.00. The van der Waals surface area contributed by atoms with E-state index in [4.69, 9.17) is 0 Å². The van der Waals surface area contributed by atoms with Crippen LogP contribution in [0.2, 0.25) is 0 Å². The molecule has 0 radical (unpaired) electrons. The normalized spacial score (nSPS) is 17.9. The second-order valence-corrected chi connectivity index (χ2v) is 9.78. The van der Waals surface area contributed by atoms with E-state index in [0.717, 1.165) is 49.9 Å². The van der Waals surface area contributed by atoms with Gasteiger partial charge in [0.1, 0.15) is 5.82 Å². The van der Waals surface area contributed by atoms with Gasteiger partial charge in [-0.1, -0.05) is 19.1 Å². The predicted octanol–water partition coefficient (Wildman–Crippen LogP) is 4.29. The lowest BCUT2D eigenvalue weighted by Gasteiger charge is -2.32. The van der Waals surface area contributed by atoms with Crippen LogP contribution in [0, 0.1) is 11.7 Å². The van der Waals surface area contributed by atoms with Crippen LogP contribution in [0.5, 0.6) is 0 Å². The van der Waals surface area contributed by atoms with E-state index in [9.17, 15) is 14.0 Å². The Morgan fingerprint density at radius 1 is 0.971 bits per heavy atom. The summed E-state index contributed by atoms with van der Waals surface area (Å²) in [7, 11) is 0. The number of halogens is 1. The number of benzene rings is 1. The molecule has 5 rings (SSSR count). The van der Waals surface area contributed by atoms with E-state index >= 15 is 0 Å². The number of amides is 2. The summed E-state index contributed by atoms with van der Waals surface area (Å²) in [4.78, 5) is 29.7. The summed E-state index contributed by atoms with van der Waals surface area (Å²) in [5.74, 6) is 0.879. The molecule has 1 aromatic carbocycles. The molecular weight excluding hydrogens is 431 g/mol. The summed E-state index contributed by atoms with van der Waals surface area (Å²) in [6.07, 6.45) is 7.79. The molecule has 2 aromatic heterocycles. The number of fused-ring (bicyclic) bond motifs is 1. The smallest absolute Gasteiger partial charge is 0.257 e. The lowest BCUT2D eigenvalue weighted by molar-refractivity contribution is -0.131. The van der Waals surface area contributed by atoms with Crippen molar-refractivity contribution >= 4 is 17.3 Å². The Balaban J connectivity index is 1.24. The third kappa shape index (κ3) is 4.69.